The summed E-state index contributed by atoms with van der Waals surface area (Å²) >= 11 is 12.3. The fourth-order valence-corrected chi connectivity index (χ4v) is 4.48. The van der Waals surface area contributed by atoms with Crippen molar-refractivity contribution in [3.8, 4) is 0 Å². The van der Waals surface area contributed by atoms with Gasteiger partial charge >= 0.3 is 6.03 Å². The predicted octanol–water partition coefficient (Wildman–Crippen LogP) is 6.16. The Morgan fingerprint density at radius 2 is 1.62 bits per heavy atom. The Morgan fingerprint density at radius 3 is 2.03 bits per heavy atom. The molecule has 0 aliphatic carbocycles. The van der Waals surface area contributed by atoms with E-state index in [1.807, 2.05) is 41.5 Å². The first-order valence-electron chi connectivity index (χ1n) is 9.29. The summed E-state index contributed by atoms with van der Waals surface area (Å²) in [7, 11) is -3.75. The maximum Gasteiger partial charge on any atom is 0.332 e. The molecule has 1 atom stereocenters. The van der Waals surface area contributed by atoms with E-state index in [2.05, 4.69) is 15.1 Å². The van der Waals surface area contributed by atoms with Crippen molar-refractivity contribution >= 4 is 44.8 Å². The Kier molecular flexibility index (Phi) is 7.24. The highest BCUT2D eigenvalue weighted by Crippen LogP contribution is 2.35. The van der Waals surface area contributed by atoms with E-state index in [9.17, 15) is 9.00 Å². The number of nitrogens with zero attached hydrogens (tertiary/aromatic N) is 2. The highest BCUT2D eigenvalue weighted by molar-refractivity contribution is 7.91. The first-order chi connectivity index (χ1) is 13.3. The van der Waals surface area contributed by atoms with Crippen molar-refractivity contribution in [2.75, 3.05) is 5.32 Å². The smallest absolute Gasteiger partial charge is 0.307 e. The Bertz CT molecular complexity index is 985. The van der Waals surface area contributed by atoms with Gasteiger partial charge < -0.3 is 5.32 Å². The number of carbonyl (C=O) groups is 1. The Balaban J connectivity index is 2.36. The van der Waals surface area contributed by atoms with E-state index >= 15 is 0 Å². The van der Waals surface area contributed by atoms with Gasteiger partial charge in [-0.2, -0.15) is 5.10 Å². The molecular formula is C19H27Cl2N5O2S. The summed E-state index contributed by atoms with van der Waals surface area (Å²) in [6.07, 6.45) is 1.49. The maximum atomic E-state index is 12.9. The molecule has 1 heterocycles. The molecule has 1 aromatic heterocycles. The van der Waals surface area contributed by atoms with Crippen LogP contribution in [0.2, 0.25) is 10.0 Å². The average molecular weight is 460 g/mol. The molecule has 2 aromatic rings. The number of hydrogen-bond donors (Lipinski definition) is 3. The normalized spacial score (nSPS) is 13.8. The molecular weight excluding hydrogens is 433 g/mol. The van der Waals surface area contributed by atoms with Crippen molar-refractivity contribution in [1.82, 2.24) is 14.5 Å². The average Bonchev–Trinajstić information content (AvgIpc) is 2.98. The molecule has 0 fully saturated rings. The van der Waals surface area contributed by atoms with Gasteiger partial charge in [0.25, 0.3) is 0 Å². The minimum Gasteiger partial charge on any atom is -0.307 e. The zero-order valence-electron chi connectivity index (χ0n) is 17.3. The number of nitrogens with one attached hydrogen (secondary N) is 3. The molecule has 3 N–H and O–H groups in total. The second kappa shape index (κ2) is 8.93. The summed E-state index contributed by atoms with van der Waals surface area (Å²) in [6.45, 7) is 11.7. The number of amides is 2. The third-order valence-electron chi connectivity index (χ3n) is 4.34. The summed E-state index contributed by atoms with van der Waals surface area (Å²) in [5.74, 6) is 0.191. The number of hydrogen-bond acceptors (Lipinski definition) is 4. The Labute approximate surface area is 182 Å². The molecule has 0 aliphatic heterocycles. The predicted molar refractivity (Wildman–Crippen MR) is 119 cm³/mol. The molecule has 1 aromatic carbocycles. The monoisotopic (exact) mass is 459 g/mol. The van der Waals surface area contributed by atoms with E-state index in [0.29, 0.717) is 10.7 Å². The molecule has 7 nitrogen and oxygen atoms in total. The molecule has 10 heteroatoms. The van der Waals surface area contributed by atoms with E-state index in [0.717, 1.165) is 11.1 Å². The van der Waals surface area contributed by atoms with Gasteiger partial charge in [-0.25, -0.2) is 18.5 Å². The van der Waals surface area contributed by atoms with Crippen LogP contribution in [0.4, 0.5) is 10.5 Å². The standard InChI is InChI=1S/C19H27Cl2N5O2S/c1-10(2)14-7-13(20)8-15(11(3)4)17(14)23-19(27)25-29(22,28)18-16(21)9-26(24-18)12(5)6/h7-12H,1-6H3,(H3,22,23,25,27,28). The van der Waals surface area contributed by atoms with Gasteiger partial charge in [0.05, 0.1) is 5.02 Å². The van der Waals surface area contributed by atoms with Gasteiger partial charge in [-0.1, -0.05) is 50.9 Å². The van der Waals surface area contributed by atoms with Gasteiger partial charge in [-0.15, -0.1) is 0 Å². The molecule has 2 amide bonds. The van der Waals surface area contributed by atoms with Gasteiger partial charge in [0.2, 0.25) is 0 Å². The van der Waals surface area contributed by atoms with Gasteiger partial charge in [0.15, 0.2) is 14.9 Å². The largest absolute Gasteiger partial charge is 0.332 e. The minimum absolute atomic E-state index is 0.0263. The molecule has 0 bridgehead atoms. The van der Waals surface area contributed by atoms with E-state index in [-0.39, 0.29) is 27.9 Å². The maximum absolute atomic E-state index is 12.9. The van der Waals surface area contributed by atoms with Gasteiger partial charge in [0, 0.05) is 22.9 Å². The van der Waals surface area contributed by atoms with Crippen LogP contribution in [-0.2, 0) is 9.92 Å². The number of halogens is 2. The number of carbonyl (C=O) groups excluding carboxylic acids is 1. The van der Waals surface area contributed by atoms with Crippen molar-refractivity contribution in [2.24, 2.45) is 0 Å². The first kappa shape index (κ1) is 23.5. The van der Waals surface area contributed by atoms with Crippen LogP contribution in [0.1, 0.15) is 70.5 Å². The fraction of sp³-hybridized carbons (Fsp3) is 0.474. The molecule has 2 rings (SSSR count). The van der Waals surface area contributed by atoms with Crippen molar-refractivity contribution in [3.63, 3.8) is 0 Å². The van der Waals surface area contributed by atoms with Crippen LogP contribution < -0.4 is 10.0 Å². The van der Waals surface area contributed by atoms with E-state index in [1.165, 1.54) is 10.9 Å². The highest BCUT2D eigenvalue weighted by atomic mass is 35.5. The van der Waals surface area contributed by atoms with E-state index in [1.54, 1.807) is 12.1 Å². The zero-order valence-corrected chi connectivity index (χ0v) is 19.7. The van der Waals surface area contributed by atoms with Crippen molar-refractivity contribution in [2.45, 2.75) is 64.4 Å². The van der Waals surface area contributed by atoms with Crippen LogP contribution in [0.5, 0.6) is 0 Å². The number of benzene rings is 1. The van der Waals surface area contributed by atoms with Crippen LogP contribution >= 0.6 is 23.2 Å². The van der Waals surface area contributed by atoms with Crippen molar-refractivity contribution in [3.05, 3.63) is 39.5 Å². The van der Waals surface area contributed by atoms with Gasteiger partial charge in [-0.3, -0.25) is 4.68 Å². The Hall–Kier alpha value is -1.77. The lowest BCUT2D eigenvalue weighted by molar-refractivity contribution is 0.256. The lowest BCUT2D eigenvalue weighted by Gasteiger charge is -2.21. The summed E-state index contributed by atoms with van der Waals surface area (Å²) in [4.78, 5) is 12.7. The number of anilines is 1. The van der Waals surface area contributed by atoms with Crippen molar-refractivity contribution in [1.29, 1.82) is 4.78 Å². The first-order valence-corrected chi connectivity index (χ1v) is 11.6. The second-order valence-electron chi connectivity index (χ2n) is 7.74. The van der Waals surface area contributed by atoms with Crippen LogP contribution in [0.25, 0.3) is 0 Å². The van der Waals surface area contributed by atoms with Gasteiger partial charge in [0.1, 0.15) is 0 Å². The zero-order chi connectivity index (χ0) is 22.1. The van der Waals surface area contributed by atoms with Crippen LogP contribution in [0.15, 0.2) is 23.4 Å². The second-order valence-corrected chi connectivity index (χ2v) is 10.3. The number of aromatic nitrogens is 2. The lowest BCUT2D eigenvalue weighted by Crippen LogP contribution is -2.34. The topological polar surface area (TPSA) is 99.9 Å². The quantitative estimate of drug-likeness (QED) is 0.481. The molecule has 0 aliphatic rings. The Morgan fingerprint density at radius 1 is 1.10 bits per heavy atom. The highest BCUT2D eigenvalue weighted by Gasteiger charge is 2.24. The van der Waals surface area contributed by atoms with E-state index < -0.39 is 15.9 Å². The SMILES string of the molecule is CC(C)c1cc(Cl)cc(C(C)C)c1NC(=O)NS(=N)(=O)c1nn(C(C)C)cc1Cl. The molecule has 29 heavy (non-hydrogen) atoms. The summed E-state index contributed by atoms with van der Waals surface area (Å²) in [6, 6.07) is 2.80. The van der Waals surface area contributed by atoms with E-state index in [4.69, 9.17) is 28.0 Å². The number of urea groups is 1. The third kappa shape index (κ3) is 5.43. The fourth-order valence-electron chi connectivity index (χ4n) is 2.83. The van der Waals surface area contributed by atoms with Crippen molar-refractivity contribution < 1.29 is 9.00 Å². The molecule has 0 spiro atoms. The summed E-state index contributed by atoms with van der Waals surface area (Å²) < 4.78 is 24.7. The third-order valence-corrected chi connectivity index (χ3v) is 6.27. The van der Waals surface area contributed by atoms with Crippen LogP contribution in [0, 0.1) is 4.78 Å². The molecule has 0 saturated carbocycles. The van der Waals surface area contributed by atoms with Crippen LogP contribution in [-0.4, -0.2) is 20.0 Å². The molecule has 0 saturated heterocycles. The molecule has 1 unspecified atom stereocenters. The number of rotatable bonds is 6. The summed E-state index contributed by atoms with van der Waals surface area (Å²) in [5, 5.41) is 7.34. The van der Waals surface area contributed by atoms with Gasteiger partial charge in [-0.05, 0) is 48.9 Å². The lowest BCUT2D eigenvalue weighted by atomic mass is 9.92. The molecule has 0 radical (unpaired) electrons. The van der Waals surface area contributed by atoms with Crippen LogP contribution in [0.3, 0.4) is 0 Å². The molecule has 160 valence electrons. The summed E-state index contributed by atoms with van der Waals surface area (Å²) in [5.41, 5.74) is 2.32. The minimum atomic E-state index is -3.75.